The summed E-state index contributed by atoms with van der Waals surface area (Å²) in [5.74, 6) is -0.808. The number of rotatable bonds is 3. The van der Waals surface area contributed by atoms with Gasteiger partial charge in [0.1, 0.15) is 5.54 Å². The molecule has 1 aliphatic heterocycles. The number of aryl methyl sites for hydroxylation is 1. The lowest BCUT2D eigenvalue weighted by Gasteiger charge is -2.41. The zero-order valence-electron chi connectivity index (χ0n) is 11.6. The summed E-state index contributed by atoms with van der Waals surface area (Å²) in [6.45, 7) is 5.82. The summed E-state index contributed by atoms with van der Waals surface area (Å²) in [7, 11) is 0. The number of para-hydroxylation sites is 1. The van der Waals surface area contributed by atoms with Crippen LogP contribution in [0.15, 0.2) is 24.3 Å². The third-order valence-corrected chi connectivity index (χ3v) is 3.66. The van der Waals surface area contributed by atoms with Crippen LogP contribution < -0.4 is 5.32 Å². The molecule has 19 heavy (non-hydrogen) atoms. The molecule has 0 bridgehead atoms. The maximum atomic E-state index is 11.8. The molecule has 4 heteroatoms. The fourth-order valence-electron chi connectivity index (χ4n) is 2.86. The number of aliphatic carboxylic acids is 1. The first-order chi connectivity index (χ1) is 8.93. The summed E-state index contributed by atoms with van der Waals surface area (Å²) < 4.78 is 5.66. The maximum absolute atomic E-state index is 11.8. The highest BCUT2D eigenvalue weighted by Crippen LogP contribution is 2.33. The number of carboxylic acids is 1. The van der Waals surface area contributed by atoms with Crippen LogP contribution in [0.25, 0.3) is 0 Å². The number of benzene rings is 1. The van der Waals surface area contributed by atoms with E-state index in [0.717, 1.165) is 11.3 Å². The van der Waals surface area contributed by atoms with E-state index in [-0.39, 0.29) is 12.2 Å². The summed E-state index contributed by atoms with van der Waals surface area (Å²) in [5, 5.41) is 12.9. The van der Waals surface area contributed by atoms with Crippen molar-refractivity contribution in [2.75, 3.05) is 5.32 Å². The van der Waals surface area contributed by atoms with Gasteiger partial charge in [-0.2, -0.15) is 0 Å². The van der Waals surface area contributed by atoms with Gasteiger partial charge in [0, 0.05) is 18.5 Å². The second kappa shape index (κ2) is 5.21. The van der Waals surface area contributed by atoms with Crippen molar-refractivity contribution in [3.63, 3.8) is 0 Å². The van der Waals surface area contributed by atoms with Gasteiger partial charge in [-0.1, -0.05) is 18.2 Å². The van der Waals surface area contributed by atoms with Crippen molar-refractivity contribution in [1.29, 1.82) is 0 Å². The summed E-state index contributed by atoms with van der Waals surface area (Å²) in [4.78, 5) is 11.8. The highest BCUT2D eigenvalue weighted by Gasteiger charge is 2.45. The van der Waals surface area contributed by atoms with E-state index in [4.69, 9.17) is 4.74 Å². The van der Waals surface area contributed by atoms with E-state index in [9.17, 15) is 9.90 Å². The van der Waals surface area contributed by atoms with Gasteiger partial charge in [-0.15, -0.1) is 0 Å². The van der Waals surface area contributed by atoms with Gasteiger partial charge in [-0.3, -0.25) is 0 Å². The van der Waals surface area contributed by atoms with Crippen LogP contribution in [0.3, 0.4) is 0 Å². The van der Waals surface area contributed by atoms with Crippen molar-refractivity contribution >= 4 is 11.7 Å². The quantitative estimate of drug-likeness (QED) is 0.880. The predicted octanol–water partition coefficient (Wildman–Crippen LogP) is 2.82. The molecule has 2 rings (SSSR count). The average Bonchev–Trinajstić information content (AvgIpc) is 2.30. The minimum atomic E-state index is -0.941. The molecule has 0 aliphatic carbocycles. The van der Waals surface area contributed by atoms with Crippen LogP contribution in [-0.2, 0) is 9.53 Å². The van der Waals surface area contributed by atoms with Crippen molar-refractivity contribution in [2.24, 2.45) is 0 Å². The number of hydrogen-bond acceptors (Lipinski definition) is 3. The third kappa shape index (κ3) is 2.89. The smallest absolute Gasteiger partial charge is 0.329 e. The largest absolute Gasteiger partial charge is 0.480 e. The highest BCUT2D eigenvalue weighted by atomic mass is 16.5. The van der Waals surface area contributed by atoms with E-state index in [2.05, 4.69) is 5.32 Å². The molecule has 1 aliphatic rings. The Morgan fingerprint density at radius 2 is 1.89 bits per heavy atom. The SMILES string of the molecule is Cc1ccccc1NC1(C(=O)O)CC(C)OC(C)C1. The molecule has 104 valence electrons. The Kier molecular flexibility index (Phi) is 3.80. The number of anilines is 1. The lowest BCUT2D eigenvalue weighted by molar-refractivity contribution is -0.151. The molecule has 4 nitrogen and oxygen atoms in total. The summed E-state index contributed by atoms with van der Waals surface area (Å²) in [6, 6.07) is 7.76. The molecule has 1 aromatic rings. The molecule has 2 unspecified atom stereocenters. The van der Waals surface area contributed by atoms with Crippen LogP contribution in [0.4, 0.5) is 5.69 Å². The number of hydrogen-bond donors (Lipinski definition) is 2. The first-order valence-electron chi connectivity index (χ1n) is 6.65. The molecule has 0 aromatic heterocycles. The first-order valence-corrected chi connectivity index (χ1v) is 6.65. The fraction of sp³-hybridized carbons (Fsp3) is 0.533. The molecular weight excluding hydrogens is 242 g/mol. The van der Waals surface area contributed by atoms with Gasteiger partial charge in [-0.25, -0.2) is 4.79 Å². The van der Waals surface area contributed by atoms with Crippen molar-refractivity contribution in [2.45, 2.75) is 51.4 Å². The van der Waals surface area contributed by atoms with E-state index in [1.807, 2.05) is 45.0 Å². The normalized spacial score (nSPS) is 30.9. The third-order valence-electron chi connectivity index (χ3n) is 3.66. The standard InChI is InChI=1S/C15H21NO3/c1-10-6-4-5-7-13(10)16-15(14(17)18)8-11(2)19-12(3)9-15/h4-7,11-12,16H,8-9H2,1-3H3,(H,17,18). The van der Waals surface area contributed by atoms with Crippen molar-refractivity contribution in [3.05, 3.63) is 29.8 Å². The summed E-state index contributed by atoms with van der Waals surface area (Å²) in [6.07, 6.45) is 0.829. The fourth-order valence-corrected chi connectivity index (χ4v) is 2.86. The molecule has 2 N–H and O–H groups in total. The van der Waals surface area contributed by atoms with Crippen LogP contribution in [0, 0.1) is 6.92 Å². The van der Waals surface area contributed by atoms with Gasteiger partial charge in [0.05, 0.1) is 12.2 Å². The second-order valence-corrected chi connectivity index (χ2v) is 5.49. The van der Waals surface area contributed by atoms with Gasteiger partial charge in [0.25, 0.3) is 0 Å². The maximum Gasteiger partial charge on any atom is 0.329 e. The highest BCUT2D eigenvalue weighted by molar-refractivity contribution is 5.83. The van der Waals surface area contributed by atoms with Crippen LogP contribution in [0.5, 0.6) is 0 Å². The molecule has 1 saturated heterocycles. The molecule has 0 amide bonds. The second-order valence-electron chi connectivity index (χ2n) is 5.49. The lowest BCUT2D eigenvalue weighted by Crippen LogP contribution is -2.54. The van der Waals surface area contributed by atoms with Crippen molar-refractivity contribution in [3.8, 4) is 0 Å². The summed E-state index contributed by atoms with van der Waals surface area (Å²) in [5.41, 5.74) is 0.990. The van der Waals surface area contributed by atoms with Gasteiger partial charge in [0.15, 0.2) is 0 Å². The van der Waals surface area contributed by atoms with Gasteiger partial charge in [-0.05, 0) is 32.4 Å². The Labute approximate surface area is 113 Å². The minimum Gasteiger partial charge on any atom is -0.480 e. The zero-order chi connectivity index (χ0) is 14.0. The van der Waals surface area contributed by atoms with Gasteiger partial charge in [0.2, 0.25) is 0 Å². The Morgan fingerprint density at radius 1 is 1.32 bits per heavy atom. The van der Waals surface area contributed by atoms with Gasteiger partial charge < -0.3 is 15.2 Å². The van der Waals surface area contributed by atoms with E-state index in [1.54, 1.807) is 0 Å². The van der Waals surface area contributed by atoms with Gasteiger partial charge >= 0.3 is 5.97 Å². The monoisotopic (exact) mass is 263 g/mol. The Bertz CT molecular complexity index is 462. The van der Waals surface area contributed by atoms with Crippen LogP contribution in [0.1, 0.15) is 32.3 Å². The van der Waals surface area contributed by atoms with E-state index in [0.29, 0.717) is 12.8 Å². The number of carbonyl (C=O) groups is 1. The van der Waals surface area contributed by atoms with E-state index < -0.39 is 11.5 Å². The molecular formula is C15H21NO3. The zero-order valence-corrected chi connectivity index (χ0v) is 11.6. The van der Waals surface area contributed by atoms with E-state index in [1.165, 1.54) is 0 Å². The lowest BCUT2D eigenvalue weighted by atomic mass is 9.83. The Hall–Kier alpha value is -1.55. The molecule has 0 saturated carbocycles. The molecule has 1 heterocycles. The molecule has 1 aromatic carbocycles. The predicted molar refractivity (Wildman–Crippen MR) is 74.4 cm³/mol. The minimum absolute atomic E-state index is 0.0589. The molecule has 0 spiro atoms. The topological polar surface area (TPSA) is 58.6 Å². The van der Waals surface area contributed by atoms with Crippen molar-refractivity contribution < 1.29 is 14.6 Å². The number of carboxylic acid groups (broad SMARTS) is 1. The number of nitrogens with one attached hydrogen (secondary N) is 1. The van der Waals surface area contributed by atoms with Crippen molar-refractivity contribution in [1.82, 2.24) is 0 Å². The van der Waals surface area contributed by atoms with E-state index >= 15 is 0 Å². The summed E-state index contributed by atoms with van der Waals surface area (Å²) >= 11 is 0. The first kappa shape index (κ1) is 13.9. The Balaban J connectivity index is 2.30. The molecule has 1 fully saturated rings. The van der Waals surface area contributed by atoms with Crippen LogP contribution in [-0.4, -0.2) is 28.8 Å². The average molecular weight is 263 g/mol. The van der Waals surface area contributed by atoms with Crippen LogP contribution in [0.2, 0.25) is 0 Å². The molecule has 2 atom stereocenters. The van der Waals surface area contributed by atoms with Crippen LogP contribution >= 0.6 is 0 Å². The Morgan fingerprint density at radius 3 is 2.42 bits per heavy atom. The molecule has 0 radical (unpaired) electrons. The number of ether oxygens (including phenoxy) is 1.